The molecule has 2 heterocycles. The Labute approximate surface area is 258 Å². The number of nitrogens with one attached hydrogen (secondary N) is 1. The van der Waals surface area contributed by atoms with E-state index in [1.807, 2.05) is 32.2 Å². The molecule has 5 rings (SSSR count). The minimum absolute atomic E-state index is 0.00475. The lowest BCUT2D eigenvalue weighted by molar-refractivity contribution is 0.417. The van der Waals surface area contributed by atoms with E-state index >= 15 is 0 Å². The van der Waals surface area contributed by atoms with Crippen LogP contribution in [0.25, 0.3) is 5.69 Å². The maximum absolute atomic E-state index is 13.3. The molecule has 1 aliphatic heterocycles. The predicted molar refractivity (Wildman–Crippen MR) is 164 cm³/mol. The number of aryl methyl sites for hydroxylation is 2. The lowest BCUT2D eigenvalue weighted by atomic mass is 10.0. The van der Waals surface area contributed by atoms with Crippen molar-refractivity contribution in [1.29, 1.82) is 5.26 Å². The second kappa shape index (κ2) is 11.8. The molecule has 1 aromatic heterocycles. The van der Waals surface area contributed by atoms with Gasteiger partial charge >= 0.3 is 0 Å². The van der Waals surface area contributed by atoms with Crippen LogP contribution in [0.3, 0.4) is 0 Å². The van der Waals surface area contributed by atoms with Crippen LogP contribution in [0.4, 0.5) is 22.9 Å². The molecule has 14 heteroatoms. The molecular formula is C28H24Cl3N7O3S. The van der Waals surface area contributed by atoms with Gasteiger partial charge in [-0.3, -0.25) is 4.72 Å². The number of sulfonamides is 1. The molecule has 1 aliphatic rings. The van der Waals surface area contributed by atoms with Crippen molar-refractivity contribution < 1.29 is 13.2 Å². The first-order chi connectivity index (χ1) is 20.0. The third kappa shape index (κ3) is 5.76. The van der Waals surface area contributed by atoms with Gasteiger partial charge in [0.1, 0.15) is 28.0 Å². The summed E-state index contributed by atoms with van der Waals surface area (Å²) in [6, 6.07) is 13.4. The van der Waals surface area contributed by atoms with Gasteiger partial charge in [0.25, 0.3) is 10.0 Å². The summed E-state index contributed by atoms with van der Waals surface area (Å²) < 4.78 is 35.7. The molecule has 1 N–H and O–H groups in total. The minimum Gasteiger partial charge on any atom is -0.495 e. The van der Waals surface area contributed by atoms with E-state index in [-0.39, 0.29) is 37.7 Å². The third-order valence-corrected chi connectivity index (χ3v) is 9.17. The van der Waals surface area contributed by atoms with Crippen molar-refractivity contribution in [3.8, 4) is 17.5 Å². The Balaban J connectivity index is 1.52. The molecule has 216 valence electrons. The average molecular weight is 645 g/mol. The number of azo groups is 1. The Kier molecular flexibility index (Phi) is 8.35. The van der Waals surface area contributed by atoms with Crippen LogP contribution in [0.5, 0.6) is 5.75 Å². The number of hydrogen-bond donors (Lipinski definition) is 1. The number of aromatic nitrogens is 2. The largest absolute Gasteiger partial charge is 0.495 e. The van der Waals surface area contributed by atoms with Gasteiger partial charge in [-0.25, -0.2) is 13.1 Å². The summed E-state index contributed by atoms with van der Waals surface area (Å²) in [5.41, 5.74) is 3.96. The molecular weight excluding hydrogens is 621 g/mol. The Morgan fingerprint density at radius 2 is 1.81 bits per heavy atom. The quantitative estimate of drug-likeness (QED) is 0.206. The minimum atomic E-state index is -4.18. The van der Waals surface area contributed by atoms with Crippen LogP contribution < -0.4 is 14.4 Å². The van der Waals surface area contributed by atoms with Crippen LogP contribution in [0.1, 0.15) is 23.1 Å². The second-order valence-electron chi connectivity index (χ2n) is 9.61. The van der Waals surface area contributed by atoms with Crippen LogP contribution >= 0.6 is 34.8 Å². The maximum Gasteiger partial charge on any atom is 0.263 e. The van der Waals surface area contributed by atoms with Crippen molar-refractivity contribution >= 4 is 67.7 Å². The summed E-state index contributed by atoms with van der Waals surface area (Å²) in [5.74, 6) is 0.407. The molecule has 0 aliphatic carbocycles. The van der Waals surface area contributed by atoms with Gasteiger partial charge in [-0.1, -0.05) is 40.9 Å². The summed E-state index contributed by atoms with van der Waals surface area (Å²) in [7, 11) is -0.729. The first kappa shape index (κ1) is 29.7. The molecule has 0 fully saturated rings. The van der Waals surface area contributed by atoms with Crippen molar-refractivity contribution in [3.63, 3.8) is 0 Å². The van der Waals surface area contributed by atoms with Crippen molar-refractivity contribution in [2.45, 2.75) is 24.7 Å². The number of nitriles is 1. The van der Waals surface area contributed by atoms with E-state index in [0.717, 1.165) is 36.2 Å². The highest BCUT2D eigenvalue weighted by Crippen LogP contribution is 2.39. The van der Waals surface area contributed by atoms with E-state index in [9.17, 15) is 13.7 Å². The summed E-state index contributed by atoms with van der Waals surface area (Å²) in [6.45, 7) is 2.76. The fourth-order valence-electron chi connectivity index (χ4n) is 4.64. The van der Waals surface area contributed by atoms with Gasteiger partial charge in [-0.05, 0) is 67.3 Å². The van der Waals surface area contributed by atoms with Gasteiger partial charge in [-0.15, -0.1) is 10.2 Å². The Bertz CT molecular complexity index is 1880. The molecule has 10 nitrogen and oxygen atoms in total. The van der Waals surface area contributed by atoms with Crippen LogP contribution in [-0.4, -0.2) is 38.9 Å². The summed E-state index contributed by atoms with van der Waals surface area (Å²) >= 11 is 19.6. The fourth-order valence-corrected chi connectivity index (χ4v) is 6.75. The van der Waals surface area contributed by atoms with E-state index in [0.29, 0.717) is 16.5 Å². The smallest absolute Gasteiger partial charge is 0.263 e. The SMILES string of the molecule is COc1ccc(C)cc1NS(=O)(=O)c1cc(Cl)c(-n2ncc(C#N)c2N=Nc2cc3c(cc2Cl)N(C)CCC3)cc1Cl. The fraction of sp³-hybridized carbons (Fsp3) is 0.214. The first-order valence-corrected chi connectivity index (χ1v) is 15.2. The number of methoxy groups -OCH3 is 1. The number of hydrogen-bond acceptors (Lipinski definition) is 8. The van der Waals surface area contributed by atoms with Gasteiger partial charge in [0, 0.05) is 19.3 Å². The number of halogens is 3. The van der Waals surface area contributed by atoms with E-state index in [1.165, 1.54) is 30.1 Å². The van der Waals surface area contributed by atoms with Gasteiger partial charge in [-0.2, -0.15) is 10.4 Å². The molecule has 0 saturated carbocycles. The molecule has 0 saturated heterocycles. The number of nitrogens with zero attached hydrogens (tertiary/aromatic N) is 6. The molecule has 0 atom stereocenters. The molecule has 0 amide bonds. The number of fused-ring (bicyclic) bond motifs is 1. The Morgan fingerprint density at radius 1 is 1.05 bits per heavy atom. The monoisotopic (exact) mass is 643 g/mol. The third-order valence-electron chi connectivity index (χ3n) is 6.73. The van der Waals surface area contributed by atoms with Crippen LogP contribution in [0.15, 0.2) is 63.8 Å². The zero-order valence-corrected chi connectivity index (χ0v) is 25.8. The Hall–Kier alpha value is -3.82. The van der Waals surface area contributed by atoms with Gasteiger partial charge in [0.15, 0.2) is 5.82 Å². The predicted octanol–water partition coefficient (Wildman–Crippen LogP) is 7.62. The van der Waals surface area contributed by atoms with Crippen molar-refractivity contribution in [1.82, 2.24) is 9.78 Å². The van der Waals surface area contributed by atoms with E-state index < -0.39 is 10.0 Å². The van der Waals surface area contributed by atoms with Gasteiger partial charge < -0.3 is 9.64 Å². The lowest BCUT2D eigenvalue weighted by Gasteiger charge is -2.27. The highest BCUT2D eigenvalue weighted by molar-refractivity contribution is 7.92. The van der Waals surface area contributed by atoms with E-state index in [2.05, 4.69) is 24.9 Å². The normalized spacial score (nSPS) is 13.2. The topological polar surface area (TPSA) is 125 Å². The zero-order chi connectivity index (χ0) is 30.2. The number of benzene rings is 3. The number of anilines is 2. The molecule has 42 heavy (non-hydrogen) atoms. The van der Waals surface area contributed by atoms with E-state index in [1.54, 1.807) is 18.2 Å². The number of rotatable bonds is 7. The molecule has 0 radical (unpaired) electrons. The summed E-state index contributed by atoms with van der Waals surface area (Å²) in [4.78, 5) is 1.87. The van der Waals surface area contributed by atoms with Gasteiger partial charge in [0.05, 0.1) is 39.7 Å². The second-order valence-corrected chi connectivity index (χ2v) is 12.5. The zero-order valence-electron chi connectivity index (χ0n) is 22.7. The highest BCUT2D eigenvalue weighted by atomic mass is 35.5. The van der Waals surface area contributed by atoms with Gasteiger partial charge in [0.2, 0.25) is 0 Å². The van der Waals surface area contributed by atoms with E-state index in [4.69, 9.17) is 39.5 Å². The highest BCUT2D eigenvalue weighted by Gasteiger charge is 2.24. The van der Waals surface area contributed by atoms with Crippen LogP contribution in [-0.2, 0) is 16.4 Å². The molecule has 4 aromatic rings. The van der Waals surface area contributed by atoms with Crippen molar-refractivity contribution in [2.75, 3.05) is 30.3 Å². The summed E-state index contributed by atoms with van der Waals surface area (Å²) in [5, 5.41) is 22.8. The molecule has 0 spiro atoms. The first-order valence-electron chi connectivity index (χ1n) is 12.6. The van der Waals surface area contributed by atoms with Crippen LogP contribution in [0.2, 0.25) is 15.1 Å². The standard InChI is InChI=1S/C28H24Cl3N7O3S/c1-16-6-7-26(41-3)23(9-16)36-42(39,40)27-13-20(30)25(12-21(27)31)38-28(18(14-32)15-33-38)35-34-22-10-17-5-4-8-37(2)24(17)11-19(22)29/h6-7,9-13,15,36H,4-5,8H2,1-3H3. The Morgan fingerprint density at radius 3 is 2.55 bits per heavy atom. The number of ether oxygens (including phenoxy) is 1. The molecule has 3 aromatic carbocycles. The van der Waals surface area contributed by atoms with Crippen molar-refractivity contribution in [3.05, 3.63) is 80.4 Å². The van der Waals surface area contributed by atoms with Crippen LogP contribution in [0, 0.1) is 18.3 Å². The summed E-state index contributed by atoms with van der Waals surface area (Å²) in [6.07, 6.45) is 3.19. The average Bonchev–Trinajstić information content (AvgIpc) is 3.36. The maximum atomic E-state index is 13.3. The molecule has 0 bridgehead atoms. The lowest BCUT2D eigenvalue weighted by Crippen LogP contribution is -2.24. The van der Waals surface area contributed by atoms with Crippen molar-refractivity contribution in [2.24, 2.45) is 10.2 Å². The molecule has 0 unspecified atom stereocenters.